The van der Waals surface area contributed by atoms with Gasteiger partial charge in [-0.25, -0.2) is 0 Å². The molecule has 122 valence electrons. The molecule has 0 aliphatic carbocycles. The number of nitrogens with two attached hydrogens (primary N) is 1. The Kier molecular flexibility index (Phi) is 6.77. The SMILES string of the molecule is CC[C@@H]1CN(C(=O)[C@@H](N)CCSC)CC[C@@H]1c1ccccc1. The molecule has 1 aromatic rings. The van der Waals surface area contributed by atoms with Crippen molar-refractivity contribution in [2.24, 2.45) is 11.7 Å². The van der Waals surface area contributed by atoms with Crippen LogP contribution in [0.1, 0.15) is 37.7 Å². The quantitative estimate of drug-likeness (QED) is 0.876. The van der Waals surface area contributed by atoms with Gasteiger partial charge in [-0.3, -0.25) is 4.79 Å². The molecule has 2 rings (SSSR count). The minimum Gasteiger partial charge on any atom is -0.341 e. The zero-order valence-corrected chi connectivity index (χ0v) is 14.5. The molecule has 1 fully saturated rings. The lowest BCUT2D eigenvalue weighted by Crippen LogP contribution is -2.49. The normalized spacial score (nSPS) is 23.3. The van der Waals surface area contributed by atoms with Crippen molar-refractivity contribution in [3.63, 3.8) is 0 Å². The van der Waals surface area contributed by atoms with Crippen molar-refractivity contribution in [3.8, 4) is 0 Å². The van der Waals surface area contributed by atoms with E-state index < -0.39 is 0 Å². The van der Waals surface area contributed by atoms with Gasteiger partial charge in [0.25, 0.3) is 0 Å². The average molecular weight is 321 g/mol. The summed E-state index contributed by atoms with van der Waals surface area (Å²) in [6.07, 6.45) is 4.97. The maximum atomic E-state index is 12.5. The predicted molar refractivity (Wildman–Crippen MR) is 95.1 cm³/mol. The Morgan fingerprint density at radius 1 is 1.41 bits per heavy atom. The first-order chi connectivity index (χ1) is 10.7. The van der Waals surface area contributed by atoms with Gasteiger partial charge in [-0.15, -0.1) is 0 Å². The fourth-order valence-electron chi connectivity index (χ4n) is 3.39. The molecule has 0 radical (unpaired) electrons. The molecule has 3 nitrogen and oxygen atoms in total. The van der Waals surface area contributed by atoms with Crippen LogP contribution >= 0.6 is 11.8 Å². The zero-order valence-electron chi connectivity index (χ0n) is 13.7. The smallest absolute Gasteiger partial charge is 0.239 e. The van der Waals surface area contributed by atoms with E-state index >= 15 is 0 Å². The maximum absolute atomic E-state index is 12.5. The van der Waals surface area contributed by atoms with E-state index in [1.165, 1.54) is 5.56 Å². The van der Waals surface area contributed by atoms with E-state index in [1.807, 2.05) is 4.90 Å². The van der Waals surface area contributed by atoms with Crippen molar-refractivity contribution in [3.05, 3.63) is 35.9 Å². The van der Waals surface area contributed by atoms with Gasteiger partial charge in [-0.05, 0) is 42.2 Å². The van der Waals surface area contributed by atoms with Gasteiger partial charge in [0.15, 0.2) is 0 Å². The van der Waals surface area contributed by atoms with Crippen molar-refractivity contribution in [2.45, 2.75) is 38.1 Å². The first kappa shape index (κ1) is 17.4. The summed E-state index contributed by atoms with van der Waals surface area (Å²) in [5, 5.41) is 0. The Labute approximate surface area is 138 Å². The number of thioether (sulfide) groups is 1. The first-order valence-electron chi connectivity index (χ1n) is 8.25. The van der Waals surface area contributed by atoms with Gasteiger partial charge in [-0.2, -0.15) is 11.8 Å². The number of hydrogen-bond acceptors (Lipinski definition) is 3. The summed E-state index contributed by atoms with van der Waals surface area (Å²) < 4.78 is 0. The van der Waals surface area contributed by atoms with Gasteiger partial charge < -0.3 is 10.6 Å². The highest BCUT2D eigenvalue weighted by atomic mass is 32.2. The second kappa shape index (κ2) is 8.59. The monoisotopic (exact) mass is 320 g/mol. The molecular formula is C18H28N2OS. The highest BCUT2D eigenvalue weighted by molar-refractivity contribution is 7.98. The molecule has 1 aromatic carbocycles. The van der Waals surface area contributed by atoms with Crippen LogP contribution in [0.15, 0.2) is 30.3 Å². The van der Waals surface area contributed by atoms with E-state index in [0.717, 1.165) is 38.1 Å². The zero-order chi connectivity index (χ0) is 15.9. The van der Waals surface area contributed by atoms with Gasteiger partial charge in [0.2, 0.25) is 5.91 Å². The molecule has 22 heavy (non-hydrogen) atoms. The fraction of sp³-hybridized carbons (Fsp3) is 0.611. The number of benzene rings is 1. The van der Waals surface area contributed by atoms with Crippen molar-refractivity contribution < 1.29 is 4.79 Å². The number of hydrogen-bond donors (Lipinski definition) is 1. The molecule has 0 unspecified atom stereocenters. The molecule has 0 saturated carbocycles. The van der Waals surface area contributed by atoms with Crippen LogP contribution in [-0.4, -0.2) is 41.9 Å². The molecule has 1 heterocycles. The lowest BCUT2D eigenvalue weighted by Gasteiger charge is -2.39. The highest BCUT2D eigenvalue weighted by Gasteiger charge is 2.32. The van der Waals surface area contributed by atoms with Crippen LogP contribution in [0, 0.1) is 5.92 Å². The molecule has 0 spiro atoms. The summed E-state index contributed by atoms with van der Waals surface area (Å²) in [5.41, 5.74) is 7.47. The predicted octanol–water partition coefficient (Wildman–Crippen LogP) is 3.11. The van der Waals surface area contributed by atoms with Gasteiger partial charge in [0.05, 0.1) is 6.04 Å². The maximum Gasteiger partial charge on any atom is 0.239 e. The number of piperidine rings is 1. The van der Waals surface area contributed by atoms with Crippen LogP contribution in [0.25, 0.3) is 0 Å². The van der Waals surface area contributed by atoms with Gasteiger partial charge in [0, 0.05) is 13.1 Å². The topological polar surface area (TPSA) is 46.3 Å². The van der Waals surface area contributed by atoms with E-state index in [1.54, 1.807) is 11.8 Å². The molecule has 0 aromatic heterocycles. The number of nitrogens with zero attached hydrogens (tertiary/aromatic N) is 1. The van der Waals surface area contributed by atoms with Crippen LogP contribution in [-0.2, 0) is 4.79 Å². The first-order valence-corrected chi connectivity index (χ1v) is 9.65. The van der Waals surface area contributed by atoms with Crippen LogP contribution in [0.5, 0.6) is 0 Å². The molecule has 1 amide bonds. The molecule has 4 heteroatoms. The summed E-state index contributed by atoms with van der Waals surface area (Å²) in [7, 11) is 0. The summed E-state index contributed by atoms with van der Waals surface area (Å²) in [6.45, 7) is 3.91. The third-order valence-corrected chi connectivity index (χ3v) is 5.39. The molecule has 1 aliphatic heterocycles. The standard InChI is InChI=1S/C18H28N2OS/c1-3-14-13-20(18(21)17(19)10-12-22-2)11-9-16(14)15-7-5-4-6-8-15/h4-8,14,16-17H,3,9-13,19H2,1-2H3/t14-,16+,17+/m1/s1. The molecule has 2 N–H and O–H groups in total. The summed E-state index contributed by atoms with van der Waals surface area (Å²) in [5.74, 6) is 2.19. The summed E-state index contributed by atoms with van der Waals surface area (Å²) in [6, 6.07) is 10.4. The minimum atomic E-state index is -0.335. The minimum absolute atomic E-state index is 0.138. The number of carbonyl (C=O) groups is 1. The van der Waals surface area contributed by atoms with Crippen molar-refractivity contribution >= 4 is 17.7 Å². The van der Waals surface area contributed by atoms with Crippen LogP contribution < -0.4 is 5.73 Å². The number of rotatable bonds is 6. The van der Waals surface area contributed by atoms with Crippen LogP contribution in [0.4, 0.5) is 0 Å². The molecule has 1 saturated heterocycles. The van der Waals surface area contributed by atoms with Crippen molar-refractivity contribution in [1.82, 2.24) is 4.90 Å². The number of carbonyl (C=O) groups excluding carboxylic acids is 1. The molecule has 0 bridgehead atoms. The van der Waals surface area contributed by atoms with Gasteiger partial charge in [0.1, 0.15) is 0 Å². The second-order valence-electron chi connectivity index (χ2n) is 6.15. The average Bonchev–Trinajstić information content (AvgIpc) is 2.59. The summed E-state index contributed by atoms with van der Waals surface area (Å²) in [4.78, 5) is 14.5. The third-order valence-electron chi connectivity index (χ3n) is 4.75. The van der Waals surface area contributed by atoms with E-state index in [4.69, 9.17) is 5.73 Å². The largest absolute Gasteiger partial charge is 0.341 e. The lowest BCUT2D eigenvalue weighted by molar-refractivity contribution is -0.134. The van der Waals surface area contributed by atoms with Gasteiger partial charge in [-0.1, -0.05) is 43.7 Å². The Morgan fingerprint density at radius 3 is 2.77 bits per heavy atom. The Morgan fingerprint density at radius 2 is 2.14 bits per heavy atom. The molecular weight excluding hydrogens is 292 g/mol. The van der Waals surface area contributed by atoms with Crippen molar-refractivity contribution in [2.75, 3.05) is 25.1 Å². The summed E-state index contributed by atoms with van der Waals surface area (Å²) >= 11 is 1.75. The Bertz CT molecular complexity index is 465. The van der Waals surface area contributed by atoms with E-state index in [0.29, 0.717) is 11.8 Å². The van der Waals surface area contributed by atoms with E-state index in [2.05, 4.69) is 43.5 Å². The van der Waals surface area contributed by atoms with Gasteiger partial charge >= 0.3 is 0 Å². The number of likely N-dealkylation sites (tertiary alicyclic amines) is 1. The Balaban J connectivity index is 1.99. The molecule has 3 atom stereocenters. The van der Waals surface area contributed by atoms with E-state index in [9.17, 15) is 4.79 Å². The second-order valence-corrected chi connectivity index (χ2v) is 7.13. The highest BCUT2D eigenvalue weighted by Crippen LogP contribution is 2.35. The fourth-order valence-corrected chi connectivity index (χ4v) is 3.88. The van der Waals surface area contributed by atoms with Crippen LogP contribution in [0.2, 0.25) is 0 Å². The molecule has 1 aliphatic rings. The van der Waals surface area contributed by atoms with Crippen molar-refractivity contribution in [1.29, 1.82) is 0 Å². The third kappa shape index (κ3) is 4.26. The lowest BCUT2D eigenvalue weighted by atomic mass is 9.79. The van der Waals surface area contributed by atoms with Crippen LogP contribution in [0.3, 0.4) is 0 Å². The Hall–Kier alpha value is -1.00. The number of amides is 1. The van der Waals surface area contributed by atoms with E-state index in [-0.39, 0.29) is 11.9 Å².